The number of rotatable bonds is 1. The molecule has 0 unspecified atom stereocenters. The van der Waals surface area contributed by atoms with Crippen LogP contribution in [0.25, 0.3) is 0 Å². The molecule has 12 heavy (non-hydrogen) atoms. The first-order chi connectivity index (χ1) is 5.41. The number of anilines is 1. The SMILES string of the molecule is Nc1ccc(Br)c(C(F)(F)I)c1. The highest BCUT2D eigenvalue weighted by atomic mass is 127. The molecule has 1 rings (SSSR count). The second-order valence-electron chi connectivity index (χ2n) is 2.24. The quantitative estimate of drug-likeness (QED) is 0.469. The van der Waals surface area contributed by atoms with Crippen LogP contribution >= 0.6 is 38.5 Å². The van der Waals surface area contributed by atoms with E-state index in [1.54, 1.807) is 6.07 Å². The first-order valence-corrected chi connectivity index (χ1v) is 4.90. The summed E-state index contributed by atoms with van der Waals surface area (Å²) in [6.07, 6.45) is 0. The predicted molar refractivity (Wildman–Crippen MR) is 56.5 cm³/mol. The predicted octanol–water partition coefficient (Wildman–Crippen LogP) is 3.52. The van der Waals surface area contributed by atoms with Crippen LogP contribution in [0.4, 0.5) is 14.5 Å². The first kappa shape index (κ1) is 10.2. The fraction of sp³-hybridized carbons (Fsp3) is 0.143. The van der Waals surface area contributed by atoms with Gasteiger partial charge in [0.25, 0.3) is 0 Å². The van der Waals surface area contributed by atoms with Crippen LogP contribution in [0, 0.1) is 0 Å². The van der Waals surface area contributed by atoms with Gasteiger partial charge in [-0.2, -0.15) is 8.78 Å². The molecule has 2 N–H and O–H groups in total. The molecule has 0 saturated heterocycles. The number of alkyl halides is 3. The van der Waals surface area contributed by atoms with Gasteiger partial charge >= 0.3 is 3.93 Å². The van der Waals surface area contributed by atoms with Crippen LogP contribution in [0.15, 0.2) is 22.7 Å². The van der Waals surface area contributed by atoms with Crippen molar-refractivity contribution in [2.75, 3.05) is 5.73 Å². The summed E-state index contributed by atoms with van der Waals surface area (Å²) in [6, 6.07) is 4.34. The molecule has 5 heteroatoms. The smallest absolute Gasteiger partial charge is 0.322 e. The molecule has 0 fully saturated rings. The summed E-state index contributed by atoms with van der Waals surface area (Å²) in [5, 5.41) is 0. The van der Waals surface area contributed by atoms with Gasteiger partial charge in [0.2, 0.25) is 0 Å². The van der Waals surface area contributed by atoms with Gasteiger partial charge < -0.3 is 5.73 Å². The second kappa shape index (κ2) is 3.45. The van der Waals surface area contributed by atoms with Gasteiger partial charge in [0.15, 0.2) is 0 Å². The molecule has 0 bridgehead atoms. The van der Waals surface area contributed by atoms with Crippen molar-refractivity contribution in [3.63, 3.8) is 0 Å². The molecule has 0 aliphatic heterocycles. The monoisotopic (exact) mass is 347 g/mol. The zero-order valence-electron chi connectivity index (χ0n) is 5.82. The Morgan fingerprint density at radius 1 is 1.42 bits per heavy atom. The normalized spacial score (nSPS) is 11.7. The summed E-state index contributed by atoms with van der Waals surface area (Å²) in [5.74, 6) is 0. The fourth-order valence-corrected chi connectivity index (χ4v) is 2.07. The van der Waals surface area contributed by atoms with Crippen molar-refractivity contribution in [2.45, 2.75) is 3.93 Å². The summed E-state index contributed by atoms with van der Waals surface area (Å²) < 4.78 is 23.1. The summed E-state index contributed by atoms with van der Waals surface area (Å²) in [4.78, 5) is 0. The lowest BCUT2D eigenvalue weighted by molar-refractivity contribution is 0.127. The Morgan fingerprint density at radius 2 is 2.00 bits per heavy atom. The molecule has 0 saturated carbocycles. The molecule has 0 aromatic heterocycles. The van der Waals surface area contributed by atoms with Crippen molar-refractivity contribution in [1.29, 1.82) is 0 Å². The van der Waals surface area contributed by atoms with E-state index < -0.39 is 3.93 Å². The lowest BCUT2D eigenvalue weighted by atomic mass is 10.2. The van der Waals surface area contributed by atoms with Crippen molar-refractivity contribution < 1.29 is 8.78 Å². The number of halogens is 4. The van der Waals surface area contributed by atoms with Gasteiger partial charge in [0, 0.05) is 38.3 Å². The molecule has 0 heterocycles. The summed E-state index contributed by atoms with van der Waals surface area (Å²) in [7, 11) is 0. The third-order valence-corrected chi connectivity index (χ3v) is 2.57. The van der Waals surface area contributed by atoms with Gasteiger partial charge in [0.05, 0.1) is 0 Å². The van der Waals surface area contributed by atoms with Gasteiger partial charge in [-0.25, -0.2) is 0 Å². The van der Waals surface area contributed by atoms with Crippen LogP contribution < -0.4 is 5.73 Å². The lowest BCUT2D eigenvalue weighted by Gasteiger charge is -2.11. The van der Waals surface area contributed by atoms with E-state index in [0.717, 1.165) is 22.6 Å². The molecule has 1 nitrogen and oxygen atoms in total. The van der Waals surface area contributed by atoms with E-state index in [1.807, 2.05) is 0 Å². The van der Waals surface area contributed by atoms with Gasteiger partial charge in [-0.15, -0.1) is 0 Å². The van der Waals surface area contributed by atoms with E-state index in [0.29, 0.717) is 10.2 Å². The Balaban J connectivity index is 3.23. The molecule has 66 valence electrons. The van der Waals surface area contributed by atoms with Crippen molar-refractivity contribution >= 4 is 44.2 Å². The van der Waals surface area contributed by atoms with Crippen molar-refractivity contribution in [1.82, 2.24) is 0 Å². The summed E-state index contributed by atoms with van der Waals surface area (Å²) in [6.45, 7) is 0. The molecule has 1 aromatic rings. The van der Waals surface area contributed by atoms with Crippen LogP contribution in [0.3, 0.4) is 0 Å². The Labute approximate surface area is 90.6 Å². The second-order valence-corrected chi connectivity index (χ2v) is 4.45. The topological polar surface area (TPSA) is 26.0 Å². The number of nitrogens with two attached hydrogens (primary N) is 1. The summed E-state index contributed by atoms with van der Waals surface area (Å²) >= 11 is 4.09. The van der Waals surface area contributed by atoms with Crippen molar-refractivity contribution in [2.24, 2.45) is 0 Å². The Morgan fingerprint density at radius 3 is 2.42 bits per heavy atom. The van der Waals surface area contributed by atoms with Gasteiger partial charge in [-0.3, -0.25) is 0 Å². The number of benzene rings is 1. The van der Waals surface area contributed by atoms with E-state index in [4.69, 9.17) is 5.73 Å². The maximum atomic E-state index is 12.8. The fourth-order valence-electron chi connectivity index (χ4n) is 0.760. The molecular formula is C7H5BrF2IN. The summed E-state index contributed by atoms with van der Waals surface area (Å²) in [5.41, 5.74) is 5.61. The van der Waals surface area contributed by atoms with Crippen LogP contribution in [0.2, 0.25) is 0 Å². The van der Waals surface area contributed by atoms with Crippen LogP contribution in [-0.4, -0.2) is 0 Å². The zero-order chi connectivity index (χ0) is 9.35. The van der Waals surface area contributed by atoms with Crippen molar-refractivity contribution in [3.8, 4) is 0 Å². The number of hydrogen-bond acceptors (Lipinski definition) is 1. The van der Waals surface area contributed by atoms with E-state index in [9.17, 15) is 8.78 Å². The molecule has 0 radical (unpaired) electrons. The lowest BCUT2D eigenvalue weighted by Crippen LogP contribution is -2.04. The average molecular weight is 348 g/mol. The molecule has 0 amide bonds. The molecular weight excluding hydrogens is 343 g/mol. The van der Waals surface area contributed by atoms with E-state index in [2.05, 4.69) is 15.9 Å². The van der Waals surface area contributed by atoms with Gasteiger partial charge in [0.1, 0.15) is 0 Å². The number of nitrogen functional groups attached to an aromatic ring is 1. The Kier molecular flexibility index (Phi) is 2.92. The highest BCUT2D eigenvalue weighted by molar-refractivity contribution is 14.1. The molecule has 0 aliphatic carbocycles. The Bertz CT molecular complexity index is 298. The van der Waals surface area contributed by atoms with Crippen LogP contribution in [0.5, 0.6) is 0 Å². The first-order valence-electron chi connectivity index (χ1n) is 3.03. The van der Waals surface area contributed by atoms with Crippen LogP contribution in [0.1, 0.15) is 5.56 Å². The van der Waals surface area contributed by atoms with Crippen molar-refractivity contribution in [3.05, 3.63) is 28.2 Å². The number of hydrogen-bond donors (Lipinski definition) is 1. The minimum absolute atomic E-state index is 0.0944. The van der Waals surface area contributed by atoms with Gasteiger partial charge in [-0.1, -0.05) is 15.9 Å². The van der Waals surface area contributed by atoms with Gasteiger partial charge in [-0.05, 0) is 18.2 Å². The highest BCUT2D eigenvalue weighted by Gasteiger charge is 2.29. The van der Waals surface area contributed by atoms with E-state index >= 15 is 0 Å². The molecule has 1 aromatic carbocycles. The average Bonchev–Trinajstić information content (AvgIpc) is 1.92. The van der Waals surface area contributed by atoms with Crippen LogP contribution in [-0.2, 0) is 3.93 Å². The maximum Gasteiger partial charge on any atom is 0.322 e. The highest BCUT2D eigenvalue weighted by Crippen LogP contribution is 2.39. The Hall–Kier alpha value is 0.0900. The largest absolute Gasteiger partial charge is 0.399 e. The molecule has 0 atom stereocenters. The standard InChI is InChI=1S/C7H5BrF2IN/c8-6-2-1-4(12)3-5(6)7(9,10)11/h1-3H,12H2. The third kappa shape index (κ3) is 2.29. The maximum absolute atomic E-state index is 12.8. The zero-order valence-corrected chi connectivity index (χ0v) is 9.56. The van der Waals surface area contributed by atoms with E-state index in [-0.39, 0.29) is 5.56 Å². The minimum atomic E-state index is -2.88. The third-order valence-electron chi connectivity index (χ3n) is 1.30. The van der Waals surface area contributed by atoms with E-state index in [1.165, 1.54) is 12.1 Å². The molecule has 0 spiro atoms. The molecule has 0 aliphatic rings. The minimum Gasteiger partial charge on any atom is -0.399 e.